The zero-order valence-corrected chi connectivity index (χ0v) is 16.0. The molecule has 146 valence electrons. The lowest BCUT2D eigenvalue weighted by molar-refractivity contribution is -0.147. The maximum Gasteiger partial charge on any atom is 0.329 e. The number of amides is 1. The van der Waals surface area contributed by atoms with Gasteiger partial charge in [-0.1, -0.05) is 6.07 Å². The zero-order chi connectivity index (χ0) is 19.9. The van der Waals surface area contributed by atoms with Crippen molar-refractivity contribution in [1.82, 2.24) is 14.7 Å². The molecule has 0 fully saturated rings. The number of aromatic nitrogens is 2. The fraction of sp³-hybridized carbons (Fsp3) is 0.263. The van der Waals surface area contributed by atoms with Crippen LogP contribution in [0, 0.1) is 0 Å². The molecule has 28 heavy (non-hydrogen) atoms. The molecule has 1 N–H and O–H groups in total. The normalized spacial score (nSPS) is 11.9. The fourth-order valence-corrected chi connectivity index (χ4v) is 3.02. The molecule has 3 aromatic rings. The molecule has 1 amide bonds. The van der Waals surface area contributed by atoms with Gasteiger partial charge >= 0.3 is 5.97 Å². The van der Waals surface area contributed by atoms with Crippen molar-refractivity contribution in [3.05, 3.63) is 70.7 Å². The first-order chi connectivity index (χ1) is 13.6. The molecule has 1 atom stereocenters. The molecule has 0 aliphatic carbocycles. The Hall–Kier alpha value is -3.07. The van der Waals surface area contributed by atoms with Crippen LogP contribution >= 0.6 is 11.8 Å². The van der Waals surface area contributed by atoms with Crippen LogP contribution in [0.3, 0.4) is 0 Å². The molecular weight excluding hydrogens is 382 g/mol. The largest absolute Gasteiger partial charge is 0.459 e. The Labute approximate surface area is 164 Å². The Morgan fingerprint density at radius 1 is 1.32 bits per heavy atom. The maximum absolute atomic E-state index is 12.5. The van der Waals surface area contributed by atoms with E-state index in [1.165, 1.54) is 22.8 Å². The van der Waals surface area contributed by atoms with E-state index in [4.69, 9.17) is 9.15 Å². The summed E-state index contributed by atoms with van der Waals surface area (Å²) in [6.45, 7) is -0.161. The summed E-state index contributed by atoms with van der Waals surface area (Å²) in [7, 11) is 0. The molecule has 3 aromatic heterocycles. The van der Waals surface area contributed by atoms with Gasteiger partial charge in [0.15, 0.2) is 5.76 Å². The van der Waals surface area contributed by atoms with Gasteiger partial charge in [0.2, 0.25) is 0 Å². The van der Waals surface area contributed by atoms with Crippen LogP contribution < -0.4 is 10.9 Å². The summed E-state index contributed by atoms with van der Waals surface area (Å²) in [5, 5.41) is 2.62. The van der Waals surface area contributed by atoms with Gasteiger partial charge in [-0.25, -0.2) is 9.78 Å². The van der Waals surface area contributed by atoms with Gasteiger partial charge in [-0.2, -0.15) is 11.8 Å². The number of ether oxygens (including phenoxy) is 1. The van der Waals surface area contributed by atoms with Crippen LogP contribution in [0.4, 0.5) is 0 Å². The molecule has 0 aromatic carbocycles. The van der Waals surface area contributed by atoms with Crippen LogP contribution in [0.5, 0.6) is 0 Å². The number of carbonyl (C=O) groups is 2. The van der Waals surface area contributed by atoms with Gasteiger partial charge in [0, 0.05) is 12.3 Å². The number of furan rings is 1. The molecule has 0 aliphatic heterocycles. The number of nitrogens with one attached hydrogen (secondary N) is 1. The fourth-order valence-electron chi connectivity index (χ4n) is 2.54. The molecule has 3 heterocycles. The summed E-state index contributed by atoms with van der Waals surface area (Å²) in [6, 6.07) is 8.78. The topological polar surface area (TPSA) is 103 Å². The summed E-state index contributed by atoms with van der Waals surface area (Å²) < 4.78 is 11.8. The lowest BCUT2D eigenvalue weighted by atomic mass is 10.2. The van der Waals surface area contributed by atoms with Gasteiger partial charge in [0.05, 0.1) is 12.0 Å². The SMILES string of the molecule is CSCC[C@@H](NC(=O)c1ccco1)C(=O)OCc1cc(=O)n2ccccc2n1. The van der Waals surface area contributed by atoms with E-state index in [1.54, 1.807) is 42.2 Å². The number of hydrogen-bond acceptors (Lipinski definition) is 7. The molecule has 0 saturated heterocycles. The minimum atomic E-state index is -0.827. The highest BCUT2D eigenvalue weighted by atomic mass is 32.2. The second-order valence-electron chi connectivity index (χ2n) is 5.91. The number of nitrogens with zero attached hydrogens (tertiary/aromatic N) is 2. The monoisotopic (exact) mass is 401 g/mol. The third-order valence-electron chi connectivity index (χ3n) is 3.93. The van der Waals surface area contributed by atoms with Crippen LogP contribution in [0.1, 0.15) is 22.7 Å². The number of pyridine rings is 1. The summed E-state index contributed by atoms with van der Waals surface area (Å²) in [5.74, 6) is -0.307. The lowest BCUT2D eigenvalue weighted by Crippen LogP contribution is -2.42. The Morgan fingerprint density at radius 2 is 2.18 bits per heavy atom. The quantitative estimate of drug-likeness (QED) is 0.575. The van der Waals surface area contributed by atoms with Gasteiger partial charge in [-0.05, 0) is 42.7 Å². The van der Waals surface area contributed by atoms with Gasteiger partial charge in [0.25, 0.3) is 11.5 Å². The summed E-state index contributed by atoms with van der Waals surface area (Å²) >= 11 is 1.55. The molecule has 0 saturated carbocycles. The first-order valence-electron chi connectivity index (χ1n) is 8.56. The van der Waals surface area contributed by atoms with Gasteiger partial charge in [-0.3, -0.25) is 14.0 Å². The van der Waals surface area contributed by atoms with E-state index in [-0.39, 0.29) is 17.9 Å². The lowest BCUT2D eigenvalue weighted by Gasteiger charge is -2.16. The van der Waals surface area contributed by atoms with Crippen molar-refractivity contribution in [1.29, 1.82) is 0 Å². The number of fused-ring (bicyclic) bond motifs is 1. The average molecular weight is 401 g/mol. The molecule has 8 nitrogen and oxygen atoms in total. The van der Waals surface area contributed by atoms with Crippen molar-refractivity contribution in [3.63, 3.8) is 0 Å². The molecule has 3 rings (SSSR count). The average Bonchev–Trinajstić information content (AvgIpc) is 3.24. The van der Waals surface area contributed by atoms with E-state index in [1.807, 2.05) is 6.26 Å². The van der Waals surface area contributed by atoms with E-state index in [0.29, 0.717) is 23.5 Å². The van der Waals surface area contributed by atoms with Crippen LogP contribution in [-0.2, 0) is 16.1 Å². The molecule has 0 unspecified atom stereocenters. The molecule has 0 radical (unpaired) electrons. The summed E-state index contributed by atoms with van der Waals surface area (Å²) in [6.07, 6.45) is 5.31. The Morgan fingerprint density at radius 3 is 2.93 bits per heavy atom. The second-order valence-corrected chi connectivity index (χ2v) is 6.89. The van der Waals surface area contributed by atoms with Crippen molar-refractivity contribution < 1.29 is 18.7 Å². The number of carbonyl (C=O) groups excluding carboxylic acids is 2. The van der Waals surface area contributed by atoms with Crippen LogP contribution in [0.15, 0.2) is 58.1 Å². The zero-order valence-electron chi connectivity index (χ0n) is 15.2. The smallest absolute Gasteiger partial charge is 0.329 e. The highest BCUT2D eigenvalue weighted by molar-refractivity contribution is 7.98. The number of thioether (sulfide) groups is 1. The molecule has 0 bridgehead atoms. The first kappa shape index (κ1) is 19.7. The third kappa shape index (κ3) is 4.80. The van der Waals surface area contributed by atoms with Crippen LogP contribution in [-0.4, -0.2) is 39.3 Å². The molecule has 9 heteroatoms. The summed E-state index contributed by atoms with van der Waals surface area (Å²) in [4.78, 5) is 41.1. The van der Waals surface area contributed by atoms with E-state index in [9.17, 15) is 14.4 Å². The molecular formula is C19H19N3O5S. The minimum absolute atomic E-state index is 0.117. The Balaban J connectivity index is 1.67. The summed E-state index contributed by atoms with van der Waals surface area (Å²) in [5.41, 5.74) is 0.540. The first-order valence-corrected chi connectivity index (χ1v) is 9.95. The predicted molar refractivity (Wildman–Crippen MR) is 104 cm³/mol. The third-order valence-corrected chi connectivity index (χ3v) is 4.58. The maximum atomic E-state index is 12.5. The minimum Gasteiger partial charge on any atom is -0.459 e. The van der Waals surface area contributed by atoms with Crippen molar-refractivity contribution in [2.24, 2.45) is 0 Å². The molecule has 0 aliphatic rings. The highest BCUT2D eigenvalue weighted by Crippen LogP contribution is 2.08. The number of esters is 1. The van der Waals surface area contributed by atoms with Crippen LogP contribution in [0.25, 0.3) is 5.65 Å². The number of rotatable bonds is 8. The van der Waals surface area contributed by atoms with Gasteiger partial charge in [-0.15, -0.1) is 0 Å². The highest BCUT2D eigenvalue weighted by Gasteiger charge is 2.24. The predicted octanol–water partition coefficient (Wildman–Crippen LogP) is 1.88. The van der Waals surface area contributed by atoms with Crippen molar-refractivity contribution in [3.8, 4) is 0 Å². The van der Waals surface area contributed by atoms with Crippen molar-refractivity contribution in [2.45, 2.75) is 19.1 Å². The van der Waals surface area contributed by atoms with Gasteiger partial charge < -0.3 is 14.5 Å². The molecule has 0 spiro atoms. The Bertz CT molecular complexity index is 1020. The standard InChI is InChI=1S/C19H19N3O5S/c1-28-10-7-14(21-18(24)15-5-4-9-26-15)19(25)27-12-13-11-17(23)22-8-3-2-6-16(22)20-13/h2-6,8-9,11,14H,7,10,12H2,1H3,(H,21,24)/t14-/m1/s1. The van der Waals surface area contributed by atoms with E-state index < -0.39 is 17.9 Å². The van der Waals surface area contributed by atoms with Gasteiger partial charge in [0.1, 0.15) is 18.3 Å². The Kier molecular flexibility index (Phi) is 6.49. The second kappa shape index (κ2) is 9.23. The van der Waals surface area contributed by atoms with E-state index in [0.717, 1.165) is 0 Å². The number of hydrogen-bond donors (Lipinski definition) is 1. The van der Waals surface area contributed by atoms with Crippen LogP contribution in [0.2, 0.25) is 0 Å². The van der Waals surface area contributed by atoms with Crippen molar-refractivity contribution in [2.75, 3.05) is 12.0 Å². The van der Waals surface area contributed by atoms with E-state index in [2.05, 4.69) is 10.3 Å². The van der Waals surface area contributed by atoms with Crippen molar-refractivity contribution >= 4 is 29.3 Å². The van der Waals surface area contributed by atoms with E-state index >= 15 is 0 Å².